The van der Waals surface area contributed by atoms with Crippen LogP contribution in [0.3, 0.4) is 0 Å². The van der Waals surface area contributed by atoms with Gasteiger partial charge in [-0.3, -0.25) is 9.67 Å². The first-order chi connectivity index (χ1) is 11.0. The van der Waals surface area contributed by atoms with E-state index in [0.29, 0.717) is 12.0 Å². The maximum atomic E-state index is 10.2. The molecule has 2 aromatic rings. The standard InChI is InChI=1S/C17H25N5O/c1-11(2)19-14-9-12(6-7-15(14)23)17-20-16(21-22(17)3)13-5-4-8-18-10-13/h4-5,8,10-12,14-15,19,23H,6-7,9H2,1-3H3/t12-,14+,15+/m0/s1. The van der Waals surface area contributed by atoms with Gasteiger partial charge in [-0.2, -0.15) is 5.10 Å². The summed E-state index contributed by atoms with van der Waals surface area (Å²) in [7, 11) is 1.94. The van der Waals surface area contributed by atoms with Gasteiger partial charge in [0.15, 0.2) is 5.82 Å². The van der Waals surface area contributed by atoms with Crippen molar-refractivity contribution >= 4 is 0 Å². The van der Waals surface area contributed by atoms with E-state index >= 15 is 0 Å². The SMILES string of the molecule is CC(C)N[C@@H]1C[C@@H](c2nc(-c3cccnc3)nn2C)CC[C@H]1O. The van der Waals surface area contributed by atoms with Gasteiger partial charge in [-0.05, 0) is 31.4 Å². The summed E-state index contributed by atoms with van der Waals surface area (Å²) in [5.74, 6) is 2.03. The highest BCUT2D eigenvalue weighted by molar-refractivity contribution is 5.52. The molecule has 2 N–H and O–H groups in total. The number of aryl methyl sites for hydroxylation is 1. The summed E-state index contributed by atoms with van der Waals surface area (Å²) in [5.41, 5.74) is 0.932. The molecule has 3 rings (SSSR count). The van der Waals surface area contributed by atoms with Crippen molar-refractivity contribution in [2.45, 2.75) is 57.2 Å². The Hall–Kier alpha value is -1.79. The highest BCUT2D eigenvalue weighted by Crippen LogP contribution is 2.33. The van der Waals surface area contributed by atoms with Crippen molar-refractivity contribution in [2.75, 3.05) is 0 Å². The smallest absolute Gasteiger partial charge is 0.182 e. The second-order valence-electron chi connectivity index (χ2n) is 6.66. The van der Waals surface area contributed by atoms with Gasteiger partial charge >= 0.3 is 0 Å². The van der Waals surface area contributed by atoms with Crippen LogP contribution in [-0.4, -0.2) is 43.0 Å². The Morgan fingerprint density at radius 3 is 2.87 bits per heavy atom. The van der Waals surface area contributed by atoms with Crippen LogP contribution in [-0.2, 0) is 7.05 Å². The topological polar surface area (TPSA) is 75.9 Å². The number of aromatic nitrogens is 4. The van der Waals surface area contributed by atoms with E-state index in [2.05, 4.69) is 29.2 Å². The van der Waals surface area contributed by atoms with E-state index in [-0.39, 0.29) is 12.1 Å². The first kappa shape index (κ1) is 16.1. The highest BCUT2D eigenvalue weighted by atomic mass is 16.3. The molecule has 1 saturated carbocycles. The molecular weight excluding hydrogens is 290 g/mol. The van der Waals surface area contributed by atoms with Gasteiger partial charge in [0.05, 0.1) is 6.10 Å². The quantitative estimate of drug-likeness (QED) is 0.901. The van der Waals surface area contributed by atoms with Gasteiger partial charge in [0.2, 0.25) is 0 Å². The summed E-state index contributed by atoms with van der Waals surface area (Å²) >= 11 is 0. The van der Waals surface area contributed by atoms with E-state index in [1.54, 1.807) is 12.4 Å². The summed E-state index contributed by atoms with van der Waals surface area (Å²) in [4.78, 5) is 8.88. The third-order valence-electron chi connectivity index (χ3n) is 4.44. The molecule has 2 heterocycles. The molecule has 3 atom stereocenters. The summed E-state index contributed by atoms with van der Waals surface area (Å²) in [6, 6.07) is 4.34. The van der Waals surface area contributed by atoms with Gasteiger partial charge in [-0.25, -0.2) is 4.98 Å². The first-order valence-electron chi connectivity index (χ1n) is 8.30. The predicted octanol–water partition coefficient (Wildman–Crippen LogP) is 1.87. The van der Waals surface area contributed by atoms with Crippen LogP contribution < -0.4 is 5.32 Å². The molecule has 0 radical (unpaired) electrons. The van der Waals surface area contributed by atoms with E-state index in [1.807, 2.05) is 23.9 Å². The lowest BCUT2D eigenvalue weighted by atomic mass is 9.83. The molecule has 124 valence electrons. The molecule has 1 aliphatic carbocycles. The molecule has 0 bridgehead atoms. The minimum Gasteiger partial charge on any atom is -0.392 e. The third kappa shape index (κ3) is 3.59. The van der Waals surface area contributed by atoms with E-state index in [4.69, 9.17) is 4.98 Å². The molecule has 23 heavy (non-hydrogen) atoms. The maximum Gasteiger partial charge on any atom is 0.182 e. The van der Waals surface area contributed by atoms with Crippen LogP contribution in [0.25, 0.3) is 11.4 Å². The molecule has 1 aliphatic rings. The van der Waals surface area contributed by atoms with Crippen molar-refractivity contribution in [3.8, 4) is 11.4 Å². The minimum absolute atomic E-state index is 0.118. The molecular formula is C17H25N5O. The van der Waals surface area contributed by atoms with Crippen molar-refractivity contribution in [3.05, 3.63) is 30.4 Å². The monoisotopic (exact) mass is 315 g/mol. The Labute approximate surface area is 137 Å². The molecule has 0 amide bonds. The Kier molecular flexibility index (Phi) is 4.73. The van der Waals surface area contributed by atoms with E-state index in [0.717, 1.165) is 36.5 Å². The minimum atomic E-state index is -0.278. The van der Waals surface area contributed by atoms with E-state index in [9.17, 15) is 5.11 Å². The zero-order chi connectivity index (χ0) is 16.4. The predicted molar refractivity (Wildman–Crippen MR) is 88.9 cm³/mol. The molecule has 0 unspecified atom stereocenters. The molecule has 0 saturated heterocycles. The van der Waals surface area contributed by atoms with Gasteiger partial charge in [-0.1, -0.05) is 13.8 Å². The van der Waals surface area contributed by atoms with Crippen molar-refractivity contribution in [1.29, 1.82) is 0 Å². The lowest BCUT2D eigenvalue weighted by Crippen LogP contribution is -2.47. The largest absolute Gasteiger partial charge is 0.392 e. The zero-order valence-electron chi connectivity index (χ0n) is 14.0. The fourth-order valence-corrected chi connectivity index (χ4v) is 3.37. The lowest BCUT2D eigenvalue weighted by molar-refractivity contribution is 0.0777. The van der Waals surface area contributed by atoms with Crippen molar-refractivity contribution in [3.63, 3.8) is 0 Å². The summed E-state index contributed by atoms with van der Waals surface area (Å²) in [5, 5.41) is 18.2. The second kappa shape index (κ2) is 6.76. The van der Waals surface area contributed by atoms with Gasteiger partial charge < -0.3 is 10.4 Å². The molecule has 2 aromatic heterocycles. The summed E-state index contributed by atoms with van der Waals surface area (Å²) in [6.07, 6.45) is 5.88. The number of hydrogen-bond acceptors (Lipinski definition) is 5. The normalized spacial score (nSPS) is 25.0. The van der Waals surface area contributed by atoms with Crippen LogP contribution >= 0.6 is 0 Å². The van der Waals surface area contributed by atoms with Crippen molar-refractivity contribution < 1.29 is 5.11 Å². The van der Waals surface area contributed by atoms with Crippen LogP contribution in [0.5, 0.6) is 0 Å². The van der Waals surface area contributed by atoms with Gasteiger partial charge in [0, 0.05) is 43.0 Å². The fraction of sp³-hybridized carbons (Fsp3) is 0.588. The van der Waals surface area contributed by atoms with Crippen LogP contribution in [0.2, 0.25) is 0 Å². The molecule has 0 aromatic carbocycles. The second-order valence-corrected chi connectivity index (χ2v) is 6.66. The number of aliphatic hydroxyl groups excluding tert-OH is 1. The van der Waals surface area contributed by atoms with Crippen LogP contribution in [0.15, 0.2) is 24.5 Å². The molecule has 6 heteroatoms. The Morgan fingerprint density at radius 1 is 1.35 bits per heavy atom. The zero-order valence-corrected chi connectivity index (χ0v) is 14.0. The Bertz CT molecular complexity index is 640. The average molecular weight is 315 g/mol. The van der Waals surface area contributed by atoms with Crippen LogP contribution in [0, 0.1) is 0 Å². The van der Waals surface area contributed by atoms with Crippen LogP contribution in [0.4, 0.5) is 0 Å². The molecule has 6 nitrogen and oxygen atoms in total. The number of pyridine rings is 1. The summed E-state index contributed by atoms with van der Waals surface area (Å²) < 4.78 is 1.87. The van der Waals surface area contributed by atoms with Gasteiger partial charge in [0.1, 0.15) is 5.82 Å². The third-order valence-corrected chi connectivity index (χ3v) is 4.44. The van der Waals surface area contributed by atoms with E-state index < -0.39 is 0 Å². The lowest BCUT2D eigenvalue weighted by Gasteiger charge is -2.34. The summed E-state index contributed by atoms with van der Waals surface area (Å²) in [6.45, 7) is 4.22. The van der Waals surface area contributed by atoms with Gasteiger partial charge in [0.25, 0.3) is 0 Å². The molecule has 0 spiro atoms. The Balaban J connectivity index is 1.80. The molecule has 0 aliphatic heterocycles. The van der Waals surface area contributed by atoms with Gasteiger partial charge in [-0.15, -0.1) is 0 Å². The number of hydrogen-bond donors (Lipinski definition) is 2. The fourth-order valence-electron chi connectivity index (χ4n) is 3.37. The van der Waals surface area contributed by atoms with Crippen molar-refractivity contribution in [1.82, 2.24) is 25.1 Å². The van der Waals surface area contributed by atoms with E-state index in [1.165, 1.54) is 0 Å². The molecule has 1 fully saturated rings. The Morgan fingerprint density at radius 2 is 2.17 bits per heavy atom. The van der Waals surface area contributed by atoms with Crippen molar-refractivity contribution in [2.24, 2.45) is 7.05 Å². The average Bonchev–Trinajstić information content (AvgIpc) is 2.92. The highest BCUT2D eigenvalue weighted by Gasteiger charge is 2.32. The maximum absolute atomic E-state index is 10.2. The number of nitrogens with one attached hydrogen (secondary N) is 1. The number of nitrogens with zero attached hydrogens (tertiary/aromatic N) is 4. The number of aliphatic hydroxyl groups is 1. The number of rotatable bonds is 4. The van der Waals surface area contributed by atoms with Crippen LogP contribution in [0.1, 0.15) is 44.9 Å². The first-order valence-corrected chi connectivity index (χ1v) is 8.30.